The number of fused-ring (bicyclic) bond motifs is 1. The van der Waals surface area contributed by atoms with Crippen LogP contribution in [0.25, 0.3) is 10.9 Å². The van der Waals surface area contributed by atoms with Crippen molar-refractivity contribution in [2.75, 3.05) is 6.54 Å². The van der Waals surface area contributed by atoms with Crippen LogP contribution in [0.4, 0.5) is 0 Å². The van der Waals surface area contributed by atoms with Gasteiger partial charge in [-0.2, -0.15) is 0 Å². The van der Waals surface area contributed by atoms with Crippen molar-refractivity contribution in [3.63, 3.8) is 0 Å². The molecule has 3 fully saturated rings. The molecule has 0 radical (unpaired) electrons. The molecular weight excluding hydrogens is 614 g/mol. The lowest BCUT2D eigenvalue weighted by Gasteiger charge is -2.34. The van der Waals surface area contributed by atoms with Crippen LogP contribution < -0.4 is 20.7 Å². The van der Waals surface area contributed by atoms with Crippen LogP contribution >= 0.6 is 11.6 Å². The minimum absolute atomic E-state index is 0.0186. The molecule has 0 unspecified atom stereocenters. The molecule has 46 heavy (non-hydrogen) atoms. The van der Waals surface area contributed by atoms with Gasteiger partial charge in [0, 0.05) is 24.9 Å². The highest BCUT2D eigenvalue weighted by Crippen LogP contribution is 2.37. The topological polar surface area (TPSA) is 167 Å². The second-order valence-electron chi connectivity index (χ2n) is 13.1. The molecule has 5 rings (SSSR count). The molecule has 4 N–H and O–H groups in total. The van der Waals surface area contributed by atoms with E-state index in [9.17, 15) is 29.1 Å². The van der Waals surface area contributed by atoms with Gasteiger partial charge in [0.2, 0.25) is 23.6 Å². The number of rotatable bonds is 11. The van der Waals surface area contributed by atoms with Crippen LogP contribution in [0.15, 0.2) is 30.5 Å². The lowest BCUT2D eigenvalue weighted by atomic mass is 9.83. The molecule has 248 valence electrons. The summed E-state index contributed by atoms with van der Waals surface area (Å²) in [5.74, 6) is -2.94. The largest absolute Gasteiger partial charge is 0.486 e. The van der Waals surface area contributed by atoms with Crippen LogP contribution in [0.5, 0.6) is 5.75 Å². The van der Waals surface area contributed by atoms with Gasteiger partial charge in [0.15, 0.2) is 0 Å². The zero-order valence-corrected chi connectivity index (χ0v) is 27.1. The number of aliphatic carboxylic acids is 1. The number of carboxylic acid groups (broad SMARTS) is 1. The molecule has 13 heteroatoms. The summed E-state index contributed by atoms with van der Waals surface area (Å²) in [7, 11) is 0. The quantitative estimate of drug-likeness (QED) is 0.286. The van der Waals surface area contributed by atoms with Crippen molar-refractivity contribution in [2.45, 2.75) is 102 Å². The van der Waals surface area contributed by atoms with Gasteiger partial charge >= 0.3 is 5.97 Å². The van der Waals surface area contributed by atoms with E-state index in [1.165, 1.54) is 11.8 Å². The van der Waals surface area contributed by atoms with E-state index >= 15 is 0 Å². The molecule has 1 saturated heterocycles. The van der Waals surface area contributed by atoms with Gasteiger partial charge in [-0.3, -0.25) is 24.2 Å². The number of pyridine rings is 1. The Morgan fingerprint density at radius 1 is 1.07 bits per heavy atom. The van der Waals surface area contributed by atoms with Crippen molar-refractivity contribution in [1.29, 1.82) is 0 Å². The molecule has 1 aliphatic heterocycles. The monoisotopic (exact) mass is 655 g/mol. The minimum atomic E-state index is -1.35. The summed E-state index contributed by atoms with van der Waals surface area (Å²) >= 11 is 6.37. The third kappa shape index (κ3) is 7.22. The van der Waals surface area contributed by atoms with Gasteiger partial charge in [-0.15, -0.1) is 0 Å². The maximum atomic E-state index is 14.3. The van der Waals surface area contributed by atoms with Crippen LogP contribution in [0.1, 0.15) is 72.1 Å². The van der Waals surface area contributed by atoms with E-state index in [-0.39, 0.29) is 30.7 Å². The highest BCUT2D eigenvalue weighted by atomic mass is 35.5. The summed E-state index contributed by atoms with van der Waals surface area (Å²) in [5.41, 5.74) is -0.819. The van der Waals surface area contributed by atoms with Crippen LogP contribution in [-0.4, -0.2) is 80.9 Å². The fourth-order valence-electron chi connectivity index (χ4n) is 6.62. The van der Waals surface area contributed by atoms with Crippen molar-refractivity contribution < 1.29 is 33.8 Å². The number of aromatic nitrogens is 1. The SMILES string of the molecule is CC(=O)N[C@H](C(=O)N[C@H](C(=O)N1C[C@H](Oc2ccc(Cl)c3cccnc23)C[C@H]1C(=O)NC1(C(=O)O)CC1)C(C)C)C1CCCCC1. The Morgan fingerprint density at radius 2 is 1.78 bits per heavy atom. The van der Waals surface area contributed by atoms with Crippen LogP contribution in [-0.2, 0) is 24.0 Å². The standard InChI is InChI=1S/C33H42ClN5O7/c1-18(2)26(37-30(42)27(36-19(3)40)20-8-5-4-6-9-20)31(43)39-17-21(16-24(39)29(41)38-33(13-14-33)32(44)45)46-25-12-11-23(34)22-10-7-15-35-28(22)25/h7,10-12,15,18,20-21,24,26-27H,4-6,8-9,13-14,16-17H2,1-3H3,(H,36,40)(H,37,42)(H,38,41)(H,44,45)/t21-,24+,26+,27+/m1/s1. The molecule has 1 aromatic heterocycles. The highest BCUT2D eigenvalue weighted by molar-refractivity contribution is 6.35. The molecule has 2 heterocycles. The van der Waals surface area contributed by atoms with E-state index in [0.29, 0.717) is 34.5 Å². The predicted molar refractivity (Wildman–Crippen MR) is 170 cm³/mol. The van der Waals surface area contributed by atoms with Gasteiger partial charge in [-0.25, -0.2) is 4.79 Å². The number of benzene rings is 1. The van der Waals surface area contributed by atoms with Gasteiger partial charge in [0.25, 0.3) is 0 Å². The number of carbonyl (C=O) groups excluding carboxylic acids is 4. The summed E-state index contributed by atoms with van der Waals surface area (Å²) in [6, 6.07) is 4.13. The van der Waals surface area contributed by atoms with Crippen molar-refractivity contribution in [2.24, 2.45) is 11.8 Å². The van der Waals surface area contributed by atoms with E-state index in [1.54, 1.807) is 38.2 Å². The summed E-state index contributed by atoms with van der Waals surface area (Å²) in [5, 5.41) is 19.2. The Hall–Kier alpha value is -3.93. The van der Waals surface area contributed by atoms with E-state index in [2.05, 4.69) is 20.9 Å². The zero-order valence-electron chi connectivity index (χ0n) is 26.4. The number of likely N-dealkylation sites (tertiary alicyclic amines) is 1. The molecule has 4 amide bonds. The molecule has 2 aliphatic carbocycles. The first-order valence-electron chi connectivity index (χ1n) is 16.0. The number of ether oxygens (including phenoxy) is 1. The van der Waals surface area contributed by atoms with Crippen LogP contribution in [0.2, 0.25) is 5.02 Å². The number of amides is 4. The van der Waals surface area contributed by atoms with Crippen molar-refractivity contribution in [3.8, 4) is 5.75 Å². The Kier molecular flexibility index (Phi) is 10.0. The number of carbonyl (C=O) groups is 5. The Morgan fingerprint density at radius 3 is 2.41 bits per heavy atom. The first-order chi connectivity index (χ1) is 21.9. The maximum Gasteiger partial charge on any atom is 0.329 e. The molecule has 2 aromatic rings. The first kappa shape index (κ1) is 33.4. The average molecular weight is 656 g/mol. The van der Waals surface area contributed by atoms with Crippen LogP contribution in [0, 0.1) is 11.8 Å². The summed E-state index contributed by atoms with van der Waals surface area (Å²) in [6.07, 6.45) is 6.27. The maximum absolute atomic E-state index is 14.3. The average Bonchev–Trinajstić information content (AvgIpc) is 3.70. The molecule has 0 spiro atoms. The van der Waals surface area contributed by atoms with Gasteiger partial charge in [0.05, 0.1) is 11.6 Å². The lowest BCUT2D eigenvalue weighted by molar-refractivity contribution is -0.146. The number of nitrogens with zero attached hydrogens (tertiary/aromatic N) is 2. The van der Waals surface area contributed by atoms with Gasteiger partial charge in [-0.1, -0.05) is 44.7 Å². The number of hydrogen-bond donors (Lipinski definition) is 4. The predicted octanol–water partition coefficient (Wildman–Crippen LogP) is 3.20. The van der Waals surface area contributed by atoms with E-state index < -0.39 is 53.5 Å². The third-order valence-corrected chi connectivity index (χ3v) is 9.67. The van der Waals surface area contributed by atoms with Gasteiger partial charge < -0.3 is 30.7 Å². The molecule has 12 nitrogen and oxygen atoms in total. The molecule has 0 bridgehead atoms. The van der Waals surface area contributed by atoms with Crippen molar-refractivity contribution in [3.05, 3.63) is 35.5 Å². The molecule has 3 aliphatic rings. The summed E-state index contributed by atoms with van der Waals surface area (Å²) < 4.78 is 6.33. The number of carboxylic acids is 1. The zero-order chi connectivity index (χ0) is 33.2. The number of nitrogens with one attached hydrogen (secondary N) is 3. The fourth-order valence-corrected chi connectivity index (χ4v) is 6.83. The van der Waals surface area contributed by atoms with Crippen molar-refractivity contribution >= 4 is 52.1 Å². The molecular formula is C33H42ClN5O7. The van der Waals surface area contributed by atoms with Gasteiger partial charge in [0.1, 0.15) is 41.0 Å². The lowest BCUT2D eigenvalue weighted by Crippen LogP contribution is -2.60. The second kappa shape index (κ2) is 13.8. The minimum Gasteiger partial charge on any atom is -0.486 e. The number of halogens is 1. The Balaban J connectivity index is 1.39. The fraction of sp³-hybridized carbons (Fsp3) is 0.576. The molecule has 4 atom stereocenters. The van der Waals surface area contributed by atoms with E-state index in [1.807, 2.05) is 6.07 Å². The van der Waals surface area contributed by atoms with Crippen LogP contribution in [0.3, 0.4) is 0 Å². The smallest absolute Gasteiger partial charge is 0.329 e. The number of hydrogen-bond acceptors (Lipinski definition) is 7. The highest BCUT2D eigenvalue weighted by Gasteiger charge is 2.54. The Bertz CT molecular complexity index is 1510. The molecule has 2 saturated carbocycles. The van der Waals surface area contributed by atoms with E-state index in [0.717, 1.165) is 32.1 Å². The second-order valence-corrected chi connectivity index (χ2v) is 13.5. The van der Waals surface area contributed by atoms with Gasteiger partial charge in [-0.05, 0) is 61.8 Å². The third-order valence-electron chi connectivity index (χ3n) is 9.34. The van der Waals surface area contributed by atoms with E-state index in [4.69, 9.17) is 16.3 Å². The summed E-state index contributed by atoms with van der Waals surface area (Å²) in [6.45, 7) is 4.98. The normalized spacial score (nSPS) is 22.2. The Labute approximate surface area is 273 Å². The summed E-state index contributed by atoms with van der Waals surface area (Å²) in [4.78, 5) is 71.3. The molecule has 1 aromatic carbocycles. The first-order valence-corrected chi connectivity index (χ1v) is 16.4. The van der Waals surface area contributed by atoms with Crippen molar-refractivity contribution in [1.82, 2.24) is 25.8 Å².